The van der Waals surface area contributed by atoms with Crippen LogP contribution in [0.1, 0.15) is 88.7 Å². The molecule has 0 nitrogen and oxygen atoms in total. The molecule has 0 aromatic heterocycles. The molecule has 0 heterocycles. The molecule has 0 spiro atoms. The summed E-state index contributed by atoms with van der Waals surface area (Å²) in [6.07, 6.45) is 16.9. The van der Waals surface area contributed by atoms with Crippen LogP contribution in [0.4, 0.5) is 8.78 Å². The fraction of sp³-hybridized carbons (Fsp3) is 0.739. The van der Waals surface area contributed by atoms with Crippen molar-refractivity contribution in [1.82, 2.24) is 0 Å². The molecule has 1 unspecified atom stereocenters. The molecule has 1 aromatic carbocycles. The third kappa shape index (κ3) is 5.05. The highest BCUT2D eigenvalue weighted by Gasteiger charge is 2.30. The van der Waals surface area contributed by atoms with Crippen molar-refractivity contribution in [2.24, 2.45) is 17.8 Å². The second-order valence-corrected chi connectivity index (χ2v) is 8.52. The summed E-state index contributed by atoms with van der Waals surface area (Å²) < 4.78 is 26.9. The molecule has 1 aromatic rings. The van der Waals surface area contributed by atoms with Gasteiger partial charge in [0.15, 0.2) is 11.6 Å². The Kier molecular flexibility index (Phi) is 6.90. The quantitative estimate of drug-likeness (QED) is 0.456. The van der Waals surface area contributed by atoms with Gasteiger partial charge in [0.05, 0.1) is 0 Å². The maximum absolute atomic E-state index is 13.5. The molecule has 0 N–H and O–H groups in total. The lowest BCUT2D eigenvalue weighted by Crippen LogP contribution is -2.27. The number of aryl methyl sites for hydroxylation is 1. The smallest absolute Gasteiger partial charge is 0.159 e. The van der Waals surface area contributed by atoms with E-state index >= 15 is 0 Å². The van der Waals surface area contributed by atoms with E-state index in [1.54, 1.807) is 0 Å². The number of hydrogen-bond donors (Lipinski definition) is 0. The second-order valence-electron chi connectivity index (χ2n) is 8.52. The van der Waals surface area contributed by atoms with Crippen LogP contribution in [0.3, 0.4) is 0 Å². The molecule has 0 aliphatic heterocycles. The Labute approximate surface area is 152 Å². The topological polar surface area (TPSA) is 0 Å². The van der Waals surface area contributed by atoms with Gasteiger partial charge in [-0.1, -0.05) is 58.3 Å². The van der Waals surface area contributed by atoms with Crippen LogP contribution in [0.15, 0.2) is 12.1 Å². The molecular formula is C23H34F2. The molecule has 25 heavy (non-hydrogen) atoms. The molecule has 2 heteroatoms. The van der Waals surface area contributed by atoms with Crippen LogP contribution in [0, 0.1) is 29.4 Å². The summed E-state index contributed by atoms with van der Waals surface area (Å²) >= 11 is 0. The molecule has 0 saturated heterocycles. The maximum Gasteiger partial charge on any atom is 0.159 e. The third-order valence-electron chi connectivity index (χ3n) is 6.78. The van der Waals surface area contributed by atoms with E-state index in [0.29, 0.717) is 5.92 Å². The Morgan fingerprint density at radius 1 is 0.800 bits per heavy atom. The number of benzene rings is 1. The van der Waals surface area contributed by atoms with Gasteiger partial charge in [-0.3, -0.25) is 0 Å². The lowest BCUT2D eigenvalue weighted by atomic mass is 9.69. The highest BCUT2D eigenvalue weighted by molar-refractivity contribution is 5.31. The van der Waals surface area contributed by atoms with Gasteiger partial charge in [-0.2, -0.15) is 0 Å². The summed E-state index contributed by atoms with van der Waals surface area (Å²) in [4.78, 5) is 0. The Balaban J connectivity index is 1.43. The molecule has 2 aliphatic carbocycles. The third-order valence-corrected chi connectivity index (χ3v) is 6.78. The van der Waals surface area contributed by atoms with Crippen LogP contribution in [-0.4, -0.2) is 0 Å². The average Bonchev–Trinajstić information content (AvgIpc) is 2.63. The summed E-state index contributed by atoms with van der Waals surface area (Å²) in [6.45, 7) is 2.27. The van der Waals surface area contributed by atoms with Crippen molar-refractivity contribution in [3.8, 4) is 0 Å². The minimum atomic E-state index is -0.684. The number of unbranched alkanes of at least 4 members (excludes halogenated alkanes) is 4. The van der Waals surface area contributed by atoms with E-state index in [1.165, 1.54) is 76.3 Å². The monoisotopic (exact) mass is 348 g/mol. The van der Waals surface area contributed by atoms with Crippen molar-refractivity contribution < 1.29 is 8.78 Å². The first-order valence-electron chi connectivity index (χ1n) is 10.6. The van der Waals surface area contributed by atoms with Gasteiger partial charge in [-0.25, -0.2) is 8.78 Å². The Bertz CT molecular complexity index is 543. The zero-order valence-corrected chi connectivity index (χ0v) is 15.8. The molecule has 140 valence electrons. The van der Waals surface area contributed by atoms with Gasteiger partial charge in [0.1, 0.15) is 0 Å². The standard InChI is InChI=1S/C23H34F2/c1-2-3-4-5-6-7-17-8-10-18(11-9-17)19-12-13-20-15-22(24)23(25)16-21(20)14-19/h15-19H,2-14H2,1H3. The Hall–Kier alpha value is -0.920. The van der Waals surface area contributed by atoms with E-state index in [-0.39, 0.29) is 0 Å². The van der Waals surface area contributed by atoms with Crippen LogP contribution in [0.2, 0.25) is 0 Å². The molecule has 1 saturated carbocycles. The molecule has 0 bridgehead atoms. The summed E-state index contributed by atoms with van der Waals surface area (Å²) in [5, 5.41) is 0. The number of halogens is 2. The van der Waals surface area contributed by atoms with Crippen LogP contribution in [0.5, 0.6) is 0 Å². The lowest BCUT2D eigenvalue weighted by molar-refractivity contribution is 0.182. The predicted octanol–water partition coefficient (Wildman–Crippen LogP) is 7.24. The minimum absolute atomic E-state index is 0.675. The van der Waals surface area contributed by atoms with Crippen LogP contribution >= 0.6 is 0 Å². The summed E-state index contributed by atoms with van der Waals surface area (Å²) in [5.41, 5.74) is 2.10. The van der Waals surface area contributed by atoms with Gasteiger partial charge in [0.25, 0.3) is 0 Å². The first-order chi connectivity index (χ1) is 12.2. The summed E-state index contributed by atoms with van der Waals surface area (Å²) in [6, 6.07) is 2.88. The molecule has 1 atom stereocenters. The highest BCUT2D eigenvalue weighted by atomic mass is 19.2. The van der Waals surface area contributed by atoms with E-state index in [9.17, 15) is 8.78 Å². The fourth-order valence-electron chi connectivity index (χ4n) is 5.16. The Morgan fingerprint density at radius 2 is 1.48 bits per heavy atom. The molecular weight excluding hydrogens is 314 g/mol. The van der Waals surface area contributed by atoms with Gasteiger partial charge >= 0.3 is 0 Å². The van der Waals surface area contributed by atoms with E-state index in [0.717, 1.165) is 42.2 Å². The predicted molar refractivity (Wildman–Crippen MR) is 101 cm³/mol. The van der Waals surface area contributed by atoms with E-state index in [1.807, 2.05) is 0 Å². The average molecular weight is 349 g/mol. The van der Waals surface area contributed by atoms with Crippen molar-refractivity contribution in [2.75, 3.05) is 0 Å². The van der Waals surface area contributed by atoms with E-state index in [2.05, 4.69) is 6.92 Å². The zero-order chi connectivity index (χ0) is 17.6. The van der Waals surface area contributed by atoms with Crippen LogP contribution in [0.25, 0.3) is 0 Å². The normalized spacial score (nSPS) is 26.4. The number of hydrogen-bond acceptors (Lipinski definition) is 0. The molecule has 0 radical (unpaired) electrons. The Morgan fingerprint density at radius 3 is 2.20 bits per heavy atom. The largest absolute Gasteiger partial charge is 0.204 e. The maximum atomic E-state index is 13.5. The molecule has 2 aliphatic rings. The SMILES string of the molecule is CCCCCCCC1CCC(C2CCc3cc(F)c(F)cc3C2)CC1. The molecule has 3 rings (SSSR count). The lowest BCUT2D eigenvalue weighted by Gasteiger charge is -2.36. The van der Waals surface area contributed by atoms with Crippen molar-refractivity contribution in [3.05, 3.63) is 34.9 Å². The first kappa shape index (κ1) is 18.9. The highest BCUT2D eigenvalue weighted by Crippen LogP contribution is 2.41. The van der Waals surface area contributed by atoms with E-state index in [4.69, 9.17) is 0 Å². The van der Waals surface area contributed by atoms with Gasteiger partial charge in [-0.15, -0.1) is 0 Å². The van der Waals surface area contributed by atoms with Crippen molar-refractivity contribution in [1.29, 1.82) is 0 Å². The minimum Gasteiger partial charge on any atom is -0.204 e. The zero-order valence-electron chi connectivity index (χ0n) is 15.8. The first-order valence-corrected chi connectivity index (χ1v) is 10.6. The van der Waals surface area contributed by atoms with Gasteiger partial charge in [0.2, 0.25) is 0 Å². The second kappa shape index (κ2) is 9.14. The summed E-state index contributed by atoms with van der Waals surface area (Å²) in [5.74, 6) is 1.07. The number of rotatable bonds is 7. The van der Waals surface area contributed by atoms with Crippen LogP contribution in [-0.2, 0) is 12.8 Å². The van der Waals surface area contributed by atoms with Crippen molar-refractivity contribution in [2.45, 2.75) is 90.4 Å². The van der Waals surface area contributed by atoms with Gasteiger partial charge in [-0.05, 0) is 73.1 Å². The van der Waals surface area contributed by atoms with E-state index < -0.39 is 11.6 Å². The van der Waals surface area contributed by atoms with Crippen molar-refractivity contribution in [3.63, 3.8) is 0 Å². The number of fused-ring (bicyclic) bond motifs is 1. The fourth-order valence-corrected chi connectivity index (χ4v) is 5.16. The molecule has 0 amide bonds. The van der Waals surface area contributed by atoms with Crippen LogP contribution < -0.4 is 0 Å². The summed E-state index contributed by atoms with van der Waals surface area (Å²) in [7, 11) is 0. The van der Waals surface area contributed by atoms with Gasteiger partial charge < -0.3 is 0 Å². The van der Waals surface area contributed by atoms with Gasteiger partial charge in [0, 0.05) is 0 Å². The molecule has 1 fully saturated rings. The van der Waals surface area contributed by atoms with Crippen molar-refractivity contribution >= 4 is 0 Å².